The number of carbonyl (C=O) groups excluding carboxylic acids is 1. The predicted octanol–water partition coefficient (Wildman–Crippen LogP) is 1.70. The molecule has 0 saturated carbocycles. The molecule has 3 heterocycles. The summed E-state index contributed by atoms with van der Waals surface area (Å²) in [5, 5.41) is 0. The second-order valence-electron chi connectivity index (χ2n) is 7.72. The van der Waals surface area contributed by atoms with Crippen LogP contribution in [0.3, 0.4) is 0 Å². The minimum Gasteiger partial charge on any atom is -0.468 e. The first-order valence-corrected chi connectivity index (χ1v) is 10.7. The Morgan fingerprint density at radius 1 is 1.22 bits per heavy atom. The minimum atomic E-state index is -3.57. The average Bonchev–Trinajstić information content (AvgIpc) is 3.27. The number of sulfone groups is 1. The van der Waals surface area contributed by atoms with Crippen molar-refractivity contribution in [2.75, 3.05) is 26.1 Å². The van der Waals surface area contributed by atoms with Crippen LogP contribution in [0.5, 0.6) is 0 Å². The summed E-state index contributed by atoms with van der Waals surface area (Å²) in [4.78, 5) is 12.9. The van der Waals surface area contributed by atoms with E-state index in [2.05, 4.69) is 0 Å². The second-order valence-corrected chi connectivity index (χ2v) is 9.71. The Hall–Kier alpha value is -1.48. The van der Waals surface area contributed by atoms with E-state index in [1.807, 2.05) is 0 Å². The molecule has 7 nitrogen and oxygen atoms in total. The fraction of sp³-hybridized carbons (Fsp3) is 0.632. The topological polar surface area (TPSA) is 88.1 Å². The van der Waals surface area contributed by atoms with E-state index in [1.165, 1.54) is 7.11 Å². The van der Waals surface area contributed by atoms with E-state index in [0.29, 0.717) is 26.1 Å². The molecule has 0 radical (unpaired) electrons. The maximum Gasteiger partial charge on any atom is 0.319 e. The molecule has 1 aromatic rings. The number of esters is 1. The monoisotopic (exact) mass is 396 g/mol. The number of fused-ring (bicyclic) bond motifs is 2. The molecule has 0 unspecified atom stereocenters. The third kappa shape index (κ3) is 2.73. The molecule has 3 saturated heterocycles. The zero-order valence-corrected chi connectivity index (χ0v) is 16.3. The molecule has 4 rings (SSSR count). The first kappa shape index (κ1) is 18.9. The lowest BCUT2D eigenvalue weighted by Crippen LogP contribution is -2.66. The summed E-state index contributed by atoms with van der Waals surface area (Å²) >= 11 is 0. The van der Waals surface area contributed by atoms with E-state index >= 15 is 0 Å². The van der Waals surface area contributed by atoms with Gasteiger partial charge in [-0.25, -0.2) is 8.42 Å². The highest BCUT2D eigenvalue weighted by molar-refractivity contribution is 7.91. The highest BCUT2D eigenvalue weighted by Crippen LogP contribution is 2.59. The normalized spacial score (nSPS) is 34.7. The number of ether oxygens (including phenoxy) is 4. The predicted molar refractivity (Wildman–Crippen MR) is 94.7 cm³/mol. The maximum absolute atomic E-state index is 13.0. The molecule has 0 amide bonds. The van der Waals surface area contributed by atoms with Crippen LogP contribution >= 0.6 is 0 Å². The molecule has 3 fully saturated rings. The number of methoxy groups -OCH3 is 1. The van der Waals surface area contributed by atoms with Crippen LogP contribution in [0.2, 0.25) is 0 Å². The summed E-state index contributed by atoms with van der Waals surface area (Å²) in [5.41, 5.74) is -2.09. The van der Waals surface area contributed by atoms with E-state index in [1.54, 1.807) is 37.3 Å². The van der Waals surface area contributed by atoms with Gasteiger partial charge in [-0.05, 0) is 31.9 Å². The zero-order valence-electron chi connectivity index (χ0n) is 15.5. The maximum atomic E-state index is 13.0. The van der Waals surface area contributed by atoms with E-state index in [-0.39, 0.29) is 17.1 Å². The Morgan fingerprint density at radius 2 is 1.89 bits per heavy atom. The Balaban J connectivity index is 1.70. The highest BCUT2D eigenvalue weighted by Gasteiger charge is 2.72. The molecule has 0 aromatic heterocycles. The van der Waals surface area contributed by atoms with Crippen molar-refractivity contribution in [2.45, 2.75) is 48.6 Å². The van der Waals surface area contributed by atoms with Crippen LogP contribution in [-0.2, 0) is 33.6 Å². The van der Waals surface area contributed by atoms with Gasteiger partial charge >= 0.3 is 5.97 Å². The first-order valence-electron chi connectivity index (χ1n) is 9.09. The van der Waals surface area contributed by atoms with Crippen molar-refractivity contribution in [3.05, 3.63) is 30.3 Å². The van der Waals surface area contributed by atoms with Crippen molar-refractivity contribution in [2.24, 2.45) is 5.41 Å². The fourth-order valence-corrected chi connectivity index (χ4v) is 6.52. The van der Waals surface area contributed by atoms with Crippen molar-refractivity contribution in [3.63, 3.8) is 0 Å². The fourth-order valence-electron chi connectivity index (χ4n) is 4.77. The molecule has 2 bridgehead atoms. The van der Waals surface area contributed by atoms with Crippen molar-refractivity contribution in [1.82, 2.24) is 0 Å². The smallest absolute Gasteiger partial charge is 0.319 e. The summed E-state index contributed by atoms with van der Waals surface area (Å²) in [6.07, 6.45) is 0.714. The largest absolute Gasteiger partial charge is 0.468 e. The molecule has 27 heavy (non-hydrogen) atoms. The van der Waals surface area contributed by atoms with Crippen molar-refractivity contribution in [1.29, 1.82) is 0 Å². The van der Waals surface area contributed by atoms with Gasteiger partial charge in [-0.3, -0.25) is 4.79 Å². The number of rotatable bonds is 4. The minimum absolute atomic E-state index is 0.174. The van der Waals surface area contributed by atoms with Gasteiger partial charge in [0, 0.05) is 6.42 Å². The number of hydrogen-bond donors (Lipinski definition) is 0. The summed E-state index contributed by atoms with van der Waals surface area (Å²) in [6, 6.07) is 8.33. The van der Waals surface area contributed by atoms with E-state index in [4.69, 9.17) is 18.9 Å². The van der Waals surface area contributed by atoms with Crippen LogP contribution in [0.25, 0.3) is 0 Å². The van der Waals surface area contributed by atoms with Gasteiger partial charge in [0.1, 0.15) is 5.41 Å². The molecule has 3 aliphatic heterocycles. The van der Waals surface area contributed by atoms with Crippen molar-refractivity contribution in [3.8, 4) is 0 Å². The van der Waals surface area contributed by atoms with Gasteiger partial charge in [0.2, 0.25) is 0 Å². The summed E-state index contributed by atoms with van der Waals surface area (Å²) in [5.74, 6) is -1.87. The third-order valence-electron chi connectivity index (χ3n) is 6.16. The Kier molecular flexibility index (Phi) is 4.38. The Bertz CT molecular complexity index is 831. The lowest BCUT2D eigenvalue weighted by atomic mass is 9.71. The van der Waals surface area contributed by atoms with Gasteiger partial charge in [-0.1, -0.05) is 18.2 Å². The number of hydrogen-bond acceptors (Lipinski definition) is 7. The first-order chi connectivity index (χ1) is 12.8. The second kappa shape index (κ2) is 6.27. The molecule has 1 spiro atoms. The van der Waals surface area contributed by atoms with E-state index in [0.717, 1.165) is 0 Å². The molecular weight excluding hydrogens is 372 g/mol. The van der Waals surface area contributed by atoms with Crippen LogP contribution < -0.4 is 0 Å². The summed E-state index contributed by atoms with van der Waals surface area (Å²) in [6.45, 7) is 2.43. The summed E-state index contributed by atoms with van der Waals surface area (Å²) < 4.78 is 49.1. The third-order valence-corrected chi connectivity index (χ3v) is 8.06. The molecule has 3 atom stereocenters. The zero-order chi connectivity index (χ0) is 19.3. The Labute approximate surface area is 158 Å². The summed E-state index contributed by atoms with van der Waals surface area (Å²) in [7, 11) is -2.24. The van der Waals surface area contributed by atoms with Gasteiger partial charge < -0.3 is 18.9 Å². The van der Waals surface area contributed by atoms with Crippen LogP contribution in [0, 0.1) is 5.41 Å². The molecule has 0 N–H and O–H groups in total. The lowest BCUT2D eigenvalue weighted by molar-refractivity contribution is -0.314. The molecule has 148 valence electrons. The molecular formula is C19H24O7S. The van der Waals surface area contributed by atoms with Crippen LogP contribution in [-0.4, -0.2) is 58.0 Å². The number of carbonyl (C=O) groups is 1. The standard InChI is InChI=1S/C19H24O7S/c1-17(16(20)23-2)15-8-9-18(26-15,12-19(17)24-10-11-25-19)13-27(21,22)14-6-4-3-5-7-14/h3-7,15H,8-13H2,1-2H3/t15-,17+,18+/m1/s1. The van der Waals surface area contributed by atoms with Crippen molar-refractivity contribution < 1.29 is 32.2 Å². The van der Waals surface area contributed by atoms with Crippen LogP contribution in [0.4, 0.5) is 0 Å². The van der Waals surface area contributed by atoms with E-state index < -0.39 is 38.7 Å². The molecule has 1 aromatic carbocycles. The van der Waals surface area contributed by atoms with Gasteiger partial charge in [0.05, 0.1) is 42.7 Å². The van der Waals surface area contributed by atoms with Gasteiger partial charge in [0.25, 0.3) is 0 Å². The Morgan fingerprint density at radius 3 is 2.52 bits per heavy atom. The van der Waals surface area contributed by atoms with Gasteiger partial charge in [-0.15, -0.1) is 0 Å². The lowest BCUT2D eigenvalue weighted by Gasteiger charge is -2.52. The van der Waals surface area contributed by atoms with Gasteiger partial charge in [0.15, 0.2) is 15.6 Å². The van der Waals surface area contributed by atoms with Crippen LogP contribution in [0.15, 0.2) is 35.2 Å². The molecule has 8 heteroatoms. The highest BCUT2D eigenvalue weighted by atomic mass is 32.2. The van der Waals surface area contributed by atoms with Gasteiger partial charge in [-0.2, -0.15) is 0 Å². The quantitative estimate of drug-likeness (QED) is 0.716. The molecule has 3 aliphatic rings. The molecule has 0 aliphatic carbocycles. The average molecular weight is 396 g/mol. The number of benzene rings is 1. The van der Waals surface area contributed by atoms with E-state index in [9.17, 15) is 13.2 Å². The van der Waals surface area contributed by atoms with Crippen molar-refractivity contribution >= 4 is 15.8 Å². The SMILES string of the molecule is COC(=O)[C@]1(C)[C@H]2CC[C@@](CS(=O)(=O)c3ccccc3)(CC13OCCO3)O2. The van der Waals surface area contributed by atoms with Crippen LogP contribution in [0.1, 0.15) is 26.2 Å².